The molecule has 1 aromatic rings. The molecule has 1 aliphatic rings. The summed E-state index contributed by atoms with van der Waals surface area (Å²) >= 11 is 11.9. The minimum atomic E-state index is -4.01. The van der Waals surface area contributed by atoms with Crippen LogP contribution in [0.25, 0.3) is 0 Å². The van der Waals surface area contributed by atoms with Crippen molar-refractivity contribution in [3.8, 4) is 0 Å². The molecule has 1 aliphatic carbocycles. The van der Waals surface area contributed by atoms with Gasteiger partial charge in [0, 0.05) is 6.54 Å². The van der Waals surface area contributed by atoms with Crippen LogP contribution in [0.2, 0.25) is 10.0 Å². The number of amides is 1. The molecule has 116 valence electrons. The van der Waals surface area contributed by atoms with Crippen molar-refractivity contribution in [3.05, 3.63) is 27.7 Å². The second kappa shape index (κ2) is 6.12. The van der Waals surface area contributed by atoms with Gasteiger partial charge in [0.25, 0.3) is 5.91 Å². The molecule has 0 bridgehead atoms. The SMILES string of the molecule is CC(CNC(=O)c1c(Cl)ccc(S(N)(=O)=O)c1Cl)C1CC1. The molecule has 1 fully saturated rings. The number of halogens is 2. The first-order valence-electron chi connectivity index (χ1n) is 6.50. The van der Waals surface area contributed by atoms with Crippen molar-refractivity contribution < 1.29 is 13.2 Å². The smallest absolute Gasteiger partial charge is 0.254 e. The molecule has 2 rings (SSSR count). The number of hydrogen-bond acceptors (Lipinski definition) is 3. The second-order valence-corrected chi connectivity index (χ2v) is 7.62. The van der Waals surface area contributed by atoms with E-state index in [0.717, 1.165) is 0 Å². The molecule has 0 saturated heterocycles. The molecule has 5 nitrogen and oxygen atoms in total. The Hall–Kier alpha value is -0.820. The standard InChI is InChI=1S/C13H16Cl2N2O3S/c1-7(8-2-3-8)6-17-13(18)11-9(14)4-5-10(12(11)15)21(16,19)20/h4-5,7-8H,2-3,6H2,1H3,(H,17,18)(H2,16,19,20). The number of carbonyl (C=O) groups is 1. The van der Waals surface area contributed by atoms with E-state index < -0.39 is 15.9 Å². The molecule has 0 spiro atoms. The quantitative estimate of drug-likeness (QED) is 0.854. The van der Waals surface area contributed by atoms with Gasteiger partial charge in [0.15, 0.2) is 0 Å². The highest BCUT2D eigenvalue weighted by Crippen LogP contribution is 2.36. The first-order chi connectivity index (χ1) is 9.71. The lowest BCUT2D eigenvalue weighted by Gasteiger charge is -2.14. The van der Waals surface area contributed by atoms with Crippen LogP contribution in [0.15, 0.2) is 17.0 Å². The van der Waals surface area contributed by atoms with Gasteiger partial charge in [-0.15, -0.1) is 0 Å². The highest BCUT2D eigenvalue weighted by atomic mass is 35.5. The summed E-state index contributed by atoms with van der Waals surface area (Å²) in [7, 11) is -4.01. The molecule has 3 N–H and O–H groups in total. The van der Waals surface area contributed by atoms with Crippen molar-refractivity contribution in [2.24, 2.45) is 17.0 Å². The van der Waals surface area contributed by atoms with E-state index in [0.29, 0.717) is 18.4 Å². The molecule has 1 amide bonds. The number of nitrogens with one attached hydrogen (secondary N) is 1. The van der Waals surface area contributed by atoms with Gasteiger partial charge in [-0.1, -0.05) is 30.1 Å². The van der Waals surface area contributed by atoms with Crippen molar-refractivity contribution >= 4 is 39.1 Å². The molecule has 1 aromatic carbocycles. The lowest BCUT2D eigenvalue weighted by molar-refractivity contribution is 0.0947. The van der Waals surface area contributed by atoms with Crippen LogP contribution in [0, 0.1) is 11.8 Å². The maximum absolute atomic E-state index is 12.2. The predicted molar refractivity (Wildman–Crippen MR) is 82.1 cm³/mol. The van der Waals surface area contributed by atoms with Crippen molar-refractivity contribution in [3.63, 3.8) is 0 Å². The predicted octanol–water partition coefficient (Wildman–Crippen LogP) is 2.42. The zero-order valence-electron chi connectivity index (χ0n) is 11.4. The lowest BCUT2D eigenvalue weighted by Crippen LogP contribution is -2.30. The summed E-state index contributed by atoms with van der Waals surface area (Å²) in [5.41, 5.74) is -0.0622. The highest BCUT2D eigenvalue weighted by Gasteiger charge is 2.29. The van der Waals surface area contributed by atoms with E-state index in [1.807, 2.05) is 0 Å². The second-order valence-electron chi connectivity index (χ2n) is 5.30. The number of primary sulfonamides is 1. The molecule has 1 unspecified atom stereocenters. The van der Waals surface area contributed by atoms with Crippen LogP contribution in [-0.2, 0) is 10.0 Å². The third-order valence-corrected chi connectivity index (χ3v) is 5.37. The Morgan fingerprint density at radius 3 is 2.57 bits per heavy atom. The van der Waals surface area contributed by atoms with E-state index >= 15 is 0 Å². The number of hydrogen-bond donors (Lipinski definition) is 2. The van der Waals surface area contributed by atoms with E-state index in [1.54, 1.807) is 0 Å². The molecule has 0 aromatic heterocycles. The van der Waals surface area contributed by atoms with Crippen molar-refractivity contribution in [1.82, 2.24) is 5.32 Å². The highest BCUT2D eigenvalue weighted by molar-refractivity contribution is 7.89. The first kappa shape index (κ1) is 16.5. The van der Waals surface area contributed by atoms with Crippen LogP contribution in [0.3, 0.4) is 0 Å². The van der Waals surface area contributed by atoms with Gasteiger partial charge in [-0.25, -0.2) is 13.6 Å². The summed E-state index contributed by atoms with van der Waals surface area (Å²) in [5.74, 6) is 0.517. The fourth-order valence-electron chi connectivity index (χ4n) is 2.14. The maximum Gasteiger partial charge on any atom is 0.254 e. The Morgan fingerprint density at radius 2 is 2.05 bits per heavy atom. The average molecular weight is 351 g/mol. The van der Waals surface area contributed by atoms with Gasteiger partial charge in [-0.05, 0) is 36.8 Å². The Morgan fingerprint density at radius 1 is 1.43 bits per heavy atom. The number of sulfonamides is 1. The van der Waals surface area contributed by atoms with Crippen LogP contribution >= 0.6 is 23.2 Å². The maximum atomic E-state index is 12.2. The molecule has 0 aliphatic heterocycles. The van der Waals surface area contributed by atoms with Gasteiger partial charge in [-0.3, -0.25) is 4.79 Å². The molecule has 1 saturated carbocycles. The van der Waals surface area contributed by atoms with Gasteiger partial charge in [0.2, 0.25) is 10.0 Å². The van der Waals surface area contributed by atoms with Crippen LogP contribution in [-0.4, -0.2) is 20.9 Å². The molecule has 0 heterocycles. The van der Waals surface area contributed by atoms with Gasteiger partial charge in [0.1, 0.15) is 4.90 Å². The van der Waals surface area contributed by atoms with Gasteiger partial charge >= 0.3 is 0 Å². The van der Waals surface area contributed by atoms with Crippen LogP contribution in [0.5, 0.6) is 0 Å². The summed E-state index contributed by atoms with van der Waals surface area (Å²) in [4.78, 5) is 11.9. The minimum Gasteiger partial charge on any atom is -0.352 e. The fourth-order valence-corrected chi connectivity index (χ4v) is 3.61. The average Bonchev–Trinajstić information content (AvgIpc) is 3.18. The summed E-state index contributed by atoms with van der Waals surface area (Å²) in [6.07, 6.45) is 2.36. The molecule has 0 radical (unpaired) electrons. The van der Waals surface area contributed by atoms with E-state index in [4.69, 9.17) is 28.3 Å². The van der Waals surface area contributed by atoms with E-state index in [9.17, 15) is 13.2 Å². The van der Waals surface area contributed by atoms with Crippen LogP contribution in [0.4, 0.5) is 0 Å². The van der Waals surface area contributed by atoms with Crippen LogP contribution in [0.1, 0.15) is 30.1 Å². The number of carbonyl (C=O) groups excluding carboxylic acids is 1. The van der Waals surface area contributed by atoms with Gasteiger partial charge in [-0.2, -0.15) is 0 Å². The lowest BCUT2D eigenvalue weighted by atomic mass is 10.1. The third-order valence-electron chi connectivity index (χ3n) is 3.60. The Balaban J connectivity index is 2.23. The van der Waals surface area contributed by atoms with Gasteiger partial charge in [0.05, 0.1) is 15.6 Å². The molecule has 21 heavy (non-hydrogen) atoms. The normalized spacial score (nSPS) is 16.6. The van der Waals surface area contributed by atoms with Crippen molar-refractivity contribution in [1.29, 1.82) is 0 Å². The number of rotatable bonds is 5. The molecular weight excluding hydrogens is 335 g/mol. The van der Waals surface area contributed by atoms with Crippen molar-refractivity contribution in [2.75, 3.05) is 6.54 Å². The fraction of sp³-hybridized carbons (Fsp3) is 0.462. The van der Waals surface area contributed by atoms with Crippen molar-refractivity contribution in [2.45, 2.75) is 24.7 Å². The van der Waals surface area contributed by atoms with E-state index in [-0.39, 0.29) is 20.5 Å². The topological polar surface area (TPSA) is 89.3 Å². The summed E-state index contributed by atoms with van der Waals surface area (Å²) in [6, 6.07) is 2.48. The summed E-state index contributed by atoms with van der Waals surface area (Å²) < 4.78 is 22.8. The Labute approximate surface area is 133 Å². The van der Waals surface area contributed by atoms with E-state index in [2.05, 4.69) is 12.2 Å². The first-order valence-corrected chi connectivity index (χ1v) is 8.81. The monoisotopic (exact) mass is 350 g/mol. The molecular formula is C13H16Cl2N2O3S. The Bertz CT molecular complexity index is 672. The molecule has 8 heteroatoms. The minimum absolute atomic E-state index is 0.0622. The third kappa shape index (κ3) is 3.88. The van der Waals surface area contributed by atoms with E-state index in [1.165, 1.54) is 25.0 Å². The summed E-state index contributed by atoms with van der Waals surface area (Å²) in [5, 5.41) is 7.64. The van der Waals surface area contributed by atoms with Gasteiger partial charge < -0.3 is 5.32 Å². The molecule has 1 atom stereocenters. The zero-order valence-corrected chi connectivity index (χ0v) is 13.7. The van der Waals surface area contributed by atoms with Crippen LogP contribution < -0.4 is 10.5 Å². The number of nitrogens with two attached hydrogens (primary N) is 1. The summed E-state index contributed by atoms with van der Waals surface area (Å²) in [6.45, 7) is 2.55. The Kier molecular flexibility index (Phi) is 4.82. The number of benzene rings is 1. The largest absolute Gasteiger partial charge is 0.352 e. The zero-order chi connectivity index (χ0) is 15.8.